The molecular weight excluding hydrogens is 382 g/mol. The summed E-state index contributed by atoms with van der Waals surface area (Å²) < 4.78 is 78.4. The number of alkyl halides is 6. The number of fused-ring (bicyclic) bond motifs is 1. The molecule has 0 aliphatic heterocycles. The molecule has 0 saturated carbocycles. The molecule has 12 heteroatoms. The Morgan fingerprint density at radius 2 is 1.56 bits per heavy atom. The summed E-state index contributed by atoms with van der Waals surface area (Å²) in [5.41, 5.74) is -5.03. The lowest BCUT2D eigenvalue weighted by atomic mass is 10.1. The van der Waals surface area contributed by atoms with E-state index in [1.165, 1.54) is 6.92 Å². The minimum atomic E-state index is -4.98. The first-order valence-corrected chi connectivity index (χ1v) is 7.38. The van der Waals surface area contributed by atoms with Gasteiger partial charge in [0, 0.05) is 0 Å². The van der Waals surface area contributed by atoms with E-state index in [0.717, 1.165) is 28.9 Å². The zero-order valence-corrected chi connectivity index (χ0v) is 13.4. The number of benzene rings is 1. The molecular formula is C15H10F6N4O2. The van der Waals surface area contributed by atoms with Crippen LogP contribution in [0.3, 0.4) is 0 Å². The van der Waals surface area contributed by atoms with Crippen LogP contribution in [0.4, 0.5) is 26.3 Å². The Morgan fingerprint density at radius 3 is 2.07 bits per heavy atom. The van der Waals surface area contributed by atoms with Crippen molar-refractivity contribution in [2.75, 3.05) is 0 Å². The molecule has 3 aromatic rings. The fraction of sp³-hybridized carbons (Fsp3) is 0.267. The van der Waals surface area contributed by atoms with E-state index in [0.29, 0.717) is 0 Å². The van der Waals surface area contributed by atoms with Gasteiger partial charge >= 0.3 is 18.0 Å². The van der Waals surface area contributed by atoms with Crippen LogP contribution in [0, 0.1) is 0 Å². The van der Waals surface area contributed by atoms with E-state index in [4.69, 9.17) is 0 Å². The normalized spacial score (nSPS) is 13.9. The lowest BCUT2D eigenvalue weighted by Crippen LogP contribution is -2.24. The Balaban J connectivity index is 2.19. The standard InChI is InChI=1S/C15H10F6N4O2/c1-6(7-2-4-8(5-3-7)14(16,17)18)25-11-9(10(24-25)15(19,20)21)12(26)23-13(27)22-11/h2-6H,1H3,(H2,22,23,26,27)/t6-/m0/s1. The molecule has 2 heterocycles. The van der Waals surface area contributed by atoms with Crippen LogP contribution in [0.2, 0.25) is 0 Å². The average Bonchev–Trinajstić information content (AvgIpc) is 2.93. The second kappa shape index (κ2) is 5.99. The summed E-state index contributed by atoms with van der Waals surface area (Å²) in [6.07, 6.45) is -9.54. The van der Waals surface area contributed by atoms with Crippen LogP contribution in [0.1, 0.15) is 29.8 Å². The fourth-order valence-electron chi connectivity index (χ4n) is 2.64. The maximum atomic E-state index is 13.2. The van der Waals surface area contributed by atoms with Crippen molar-refractivity contribution in [1.82, 2.24) is 19.7 Å². The van der Waals surface area contributed by atoms with Crippen LogP contribution >= 0.6 is 0 Å². The highest BCUT2D eigenvalue weighted by atomic mass is 19.4. The maximum absolute atomic E-state index is 13.2. The summed E-state index contributed by atoms with van der Waals surface area (Å²) in [6, 6.07) is 2.72. The number of H-pyrrole nitrogens is 2. The van der Waals surface area contributed by atoms with E-state index in [9.17, 15) is 35.9 Å². The quantitative estimate of drug-likeness (QED) is 0.658. The van der Waals surface area contributed by atoms with Crippen molar-refractivity contribution in [3.8, 4) is 0 Å². The minimum Gasteiger partial charge on any atom is -0.291 e. The summed E-state index contributed by atoms with van der Waals surface area (Å²) in [5, 5.41) is 2.53. The van der Waals surface area contributed by atoms with Crippen LogP contribution in [0.5, 0.6) is 0 Å². The number of halogens is 6. The van der Waals surface area contributed by atoms with E-state index >= 15 is 0 Å². The maximum Gasteiger partial charge on any atom is 0.436 e. The van der Waals surface area contributed by atoms with Crippen molar-refractivity contribution >= 4 is 11.0 Å². The van der Waals surface area contributed by atoms with E-state index in [2.05, 4.69) is 10.1 Å². The van der Waals surface area contributed by atoms with Crippen molar-refractivity contribution in [3.63, 3.8) is 0 Å². The Hall–Kier alpha value is -3.05. The molecule has 2 N–H and O–H groups in total. The van der Waals surface area contributed by atoms with Gasteiger partial charge in [-0.25, -0.2) is 9.48 Å². The molecule has 27 heavy (non-hydrogen) atoms. The molecule has 0 unspecified atom stereocenters. The van der Waals surface area contributed by atoms with Crippen LogP contribution in [-0.2, 0) is 12.4 Å². The molecule has 2 aromatic heterocycles. The van der Waals surface area contributed by atoms with Crippen molar-refractivity contribution in [2.45, 2.75) is 25.3 Å². The zero-order valence-electron chi connectivity index (χ0n) is 13.4. The van der Waals surface area contributed by atoms with Gasteiger partial charge in [0.2, 0.25) is 0 Å². The van der Waals surface area contributed by atoms with Gasteiger partial charge in [-0.05, 0) is 24.6 Å². The highest BCUT2D eigenvalue weighted by Gasteiger charge is 2.39. The second-order valence-electron chi connectivity index (χ2n) is 5.72. The molecule has 1 atom stereocenters. The first-order chi connectivity index (χ1) is 12.4. The van der Waals surface area contributed by atoms with E-state index in [1.54, 1.807) is 4.98 Å². The van der Waals surface area contributed by atoms with E-state index < -0.39 is 51.9 Å². The molecule has 0 aliphatic carbocycles. The Bertz CT molecular complexity index is 1110. The highest BCUT2D eigenvalue weighted by molar-refractivity contribution is 5.77. The third-order valence-electron chi connectivity index (χ3n) is 3.95. The molecule has 1 aromatic carbocycles. The van der Waals surface area contributed by atoms with Gasteiger partial charge in [0.15, 0.2) is 5.69 Å². The van der Waals surface area contributed by atoms with Crippen LogP contribution in [0.15, 0.2) is 33.9 Å². The molecule has 0 radical (unpaired) electrons. The van der Waals surface area contributed by atoms with Gasteiger partial charge in [-0.1, -0.05) is 12.1 Å². The molecule has 6 nitrogen and oxygen atoms in total. The van der Waals surface area contributed by atoms with Crippen LogP contribution < -0.4 is 11.2 Å². The van der Waals surface area contributed by atoms with Crippen molar-refractivity contribution < 1.29 is 26.3 Å². The summed E-state index contributed by atoms with van der Waals surface area (Å²) in [4.78, 5) is 27.1. The lowest BCUT2D eigenvalue weighted by molar-refractivity contribution is -0.140. The topological polar surface area (TPSA) is 83.5 Å². The summed E-state index contributed by atoms with van der Waals surface area (Å²) in [7, 11) is 0. The summed E-state index contributed by atoms with van der Waals surface area (Å²) in [6.45, 7) is 1.37. The number of hydrogen-bond acceptors (Lipinski definition) is 3. The van der Waals surface area contributed by atoms with Gasteiger partial charge in [0.05, 0.1) is 11.6 Å². The fourth-order valence-corrected chi connectivity index (χ4v) is 2.64. The molecule has 0 bridgehead atoms. The van der Waals surface area contributed by atoms with E-state index in [-0.39, 0.29) is 5.56 Å². The predicted molar refractivity (Wildman–Crippen MR) is 81.2 cm³/mol. The first-order valence-electron chi connectivity index (χ1n) is 7.38. The van der Waals surface area contributed by atoms with Gasteiger partial charge in [-0.3, -0.25) is 14.8 Å². The van der Waals surface area contributed by atoms with Crippen LogP contribution in [0.25, 0.3) is 11.0 Å². The molecule has 0 amide bonds. The lowest BCUT2D eigenvalue weighted by Gasteiger charge is -2.15. The van der Waals surface area contributed by atoms with Gasteiger partial charge in [0.25, 0.3) is 5.56 Å². The van der Waals surface area contributed by atoms with Crippen LogP contribution in [-0.4, -0.2) is 19.7 Å². The molecule has 0 saturated heterocycles. The van der Waals surface area contributed by atoms with Crippen molar-refractivity contribution in [2.24, 2.45) is 0 Å². The number of aromatic amines is 2. The number of aromatic nitrogens is 4. The smallest absolute Gasteiger partial charge is 0.291 e. The minimum absolute atomic E-state index is 0.197. The Kier molecular flexibility index (Phi) is 4.16. The summed E-state index contributed by atoms with van der Waals surface area (Å²) >= 11 is 0. The number of nitrogens with one attached hydrogen (secondary N) is 2. The van der Waals surface area contributed by atoms with Gasteiger partial charge in [-0.2, -0.15) is 31.4 Å². The van der Waals surface area contributed by atoms with Crippen molar-refractivity contribution in [3.05, 3.63) is 61.9 Å². The van der Waals surface area contributed by atoms with Gasteiger partial charge < -0.3 is 0 Å². The third kappa shape index (κ3) is 3.34. The molecule has 0 fully saturated rings. The molecule has 3 rings (SSSR count). The summed E-state index contributed by atoms with van der Waals surface area (Å²) in [5.74, 6) is 0. The number of nitrogens with zero attached hydrogens (tertiary/aromatic N) is 2. The predicted octanol–water partition coefficient (Wildman–Crippen LogP) is 3.06. The first kappa shape index (κ1) is 18.7. The largest absolute Gasteiger partial charge is 0.436 e. The number of rotatable bonds is 2. The monoisotopic (exact) mass is 392 g/mol. The zero-order chi connectivity index (χ0) is 20.1. The Labute approximate surface area is 145 Å². The molecule has 144 valence electrons. The Morgan fingerprint density at radius 1 is 0.963 bits per heavy atom. The second-order valence-corrected chi connectivity index (χ2v) is 5.72. The highest BCUT2D eigenvalue weighted by Crippen LogP contribution is 2.34. The average molecular weight is 392 g/mol. The van der Waals surface area contributed by atoms with Crippen molar-refractivity contribution in [1.29, 1.82) is 0 Å². The van der Waals surface area contributed by atoms with Gasteiger partial charge in [0.1, 0.15) is 11.0 Å². The number of hydrogen-bond donors (Lipinski definition) is 2. The van der Waals surface area contributed by atoms with Gasteiger partial charge in [-0.15, -0.1) is 0 Å². The SMILES string of the molecule is C[C@@H](c1ccc(C(F)(F)F)cc1)n1nc(C(F)(F)F)c2c(=O)[nH]c(=O)[nH]c21. The third-order valence-corrected chi connectivity index (χ3v) is 3.95. The molecule has 0 aliphatic rings. The molecule has 0 spiro atoms. The van der Waals surface area contributed by atoms with E-state index in [1.807, 2.05) is 0 Å².